The van der Waals surface area contributed by atoms with Crippen LogP contribution in [0.5, 0.6) is 11.5 Å². The second kappa shape index (κ2) is 8.73. The van der Waals surface area contributed by atoms with Gasteiger partial charge in [0.1, 0.15) is 5.75 Å². The lowest BCUT2D eigenvalue weighted by atomic mass is 10.0. The number of nitrogens with zero attached hydrogens (tertiary/aromatic N) is 2. The van der Waals surface area contributed by atoms with Crippen LogP contribution in [0.15, 0.2) is 60.9 Å². The Labute approximate surface area is 161 Å². The molecule has 0 bridgehead atoms. The average Bonchev–Trinajstić information content (AvgIpc) is 2.68. The summed E-state index contributed by atoms with van der Waals surface area (Å²) < 4.78 is 46.1. The molecule has 2 aromatic carbocycles. The number of aromatic nitrogens is 2. The molecule has 0 radical (unpaired) electrons. The van der Waals surface area contributed by atoms with Crippen LogP contribution in [0.2, 0.25) is 0 Å². The largest absolute Gasteiger partial charge is 0.573 e. The number of alkyl halides is 3. The van der Waals surface area contributed by atoms with E-state index in [1.165, 1.54) is 12.1 Å². The number of hydrogen-bond donors (Lipinski definition) is 0. The lowest BCUT2D eigenvalue weighted by Crippen LogP contribution is -2.16. The van der Waals surface area contributed by atoms with Crippen LogP contribution in [-0.2, 0) is 0 Å². The molecule has 0 aliphatic heterocycles. The van der Waals surface area contributed by atoms with Crippen molar-refractivity contribution in [1.82, 2.24) is 9.97 Å². The van der Waals surface area contributed by atoms with E-state index in [4.69, 9.17) is 4.74 Å². The fraction of sp³-hybridized carbons (Fsp3) is 0.238. The summed E-state index contributed by atoms with van der Waals surface area (Å²) in [5.74, 6) is 0.959. The quantitative estimate of drug-likeness (QED) is 0.474. The molecule has 7 heteroatoms. The number of unbranched alkanes of at least 4 members (excludes halogenated alkanes) is 1. The molecule has 1 heterocycles. The van der Waals surface area contributed by atoms with Gasteiger partial charge >= 0.3 is 6.36 Å². The van der Waals surface area contributed by atoms with Crippen molar-refractivity contribution >= 4 is 0 Å². The number of halogens is 3. The highest BCUT2D eigenvalue weighted by Gasteiger charge is 2.30. The molecule has 0 N–H and O–H groups in total. The van der Waals surface area contributed by atoms with Crippen molar-refractivity contribution in [2.24, 2.45) is 0 Å². The second-order valence-electron chi connectivity index (χ2n) is 6.09. The van der Waals surface area contributed by atoms with Crippen molar-refractivity contribution in [1.29, 1.82) is 0 Å². The molecular formula is C21H19F3N2O2. The zero-order chi connectivity index (χ0) is 20.0. The second-order valence-corrected chi connectivity index (χ2v) is 6.09. The summed E-state index contributed by atoms with van der Waals surface area (Å²) in [6.07, 6.45) is 0.631. The van der Waals surface area contributed by atoms with Gasteiger partial charge < -0.3 is 9.47 Å². The molecule has 0 atom stereocenters. The molecule has 0 saturated carbocycles. The van der Waals surface area contributed by atoms with Crippen molar-refractivity contribution in [3.05, 3.63) is 60.9 Å². The Balaban J connectivity index is 1.68. The van der Waals surface area contributed by atoms with E-state index < -0.39 is 6.36 Å². The summed E-state index contributed by atoms with van der Waals surface area (Å²) in [5.41, 5.74) is 2.48. The molecule has 1 aromatic heterocycles. The average molecular weight is 388 g/mol. The highest BCUT2D eigenvalue weighted by Crippen LogP contribution is 2.27. The molecule has 0 unspecified atom stereocenters. The molecule has 3 aromatic rings. The Bertz CT molecular complexity index is 878. The third-order valence-electron chi connectivity index (χ3n) is 3.96. The van der Waals surface area contributed by atoms with Crippen LogP contribution >= 0.6 is 0 Å². The van der Waals surface area contributed by atoms with Gasteiger partial charge in [0.2, 0.25) is 0 Å². The van der Waals surface area contributed by atoms with E-state index >= 15 is 0 Å². The maximum Gasteiger partial charge on any atom is 0.573 e. The van der Waals surface area contributed by atoms with E-state index in [2.05, 4.69) is 21.6 Å². The molecule has 0 aliphatic carbocycles. The van der Waals surface area contributed by atoms with Crippen LogP contribution < -0.4 is 9.47 Å². The normalized spacial score (nSPS) is 11.3. The monoisotopic (exact) mass is 388 g/mol. The molecule has 146 valence electrons. The van der Waals surface area contributed by atoms with E-state index in [1.54, 1.807) is 24.5 Å². The van der Waals surface area contributed by atoms with Crippen LogP contribution in [0.3, 0.4) is 0 Å². The van der Waals surface area contributed by atoms with Gasteiger partial charge in [-0.1, -0.05) is 49.7 Å². The van der Waals surface area contributed by atoms with Gasteiger partial charge in [0.25, 0.3) is 0 Å². The number of rotatable bonds is 7. The Morgan fingerprint density at radius 2 is 1.32 bits per heavy atom. The molecular weight excluding hydrogens is 369 g/mol. The minimum Gasteiger partial charge on any atom is -0.490 e. The van der Waals surface area contributed by atoms with Crippen molar-refractivity contribution < 1.29 is 22.6 Å². The maximum absolute atomic E-state index is 12.2. The fourth-order valence-electron chi connectivity index (χ4n) is 2.53. The van der Waals surface area contributed by atoms with Gasteiger partial charge in [0.15, 0.2) is 11.6 Å². The number of benzene rings is 2. The molecule has 3 rings (SSSR count). The Kier molecular flexibility index (Phi) is 6.13. The predicted molar refractivity (Wildman–Crippen MR) is 100.0 cm³/mol. The van der Waals surface area contributed by atoms with Crippen LogP contribution in [0.4, 0.5) is 13.2 Å². The zero-order valence-electron chi connectivity index (χ0n) is 15.2. The van der Waals surface area contributed by atoms with Gasteiger partial charge in [-0.3, -0.25) is 0 Å². The molecule has 28 heavy (non-hydrogen) atoms. The van der Waals surface area contributed by atoms with Crippen molar-refractivity contribution in [2.45, 2.75) is 26.1 Å². The highest BCUT2D eigenvalue weighted by atomic mass is 19.4. The summed E-state index contributed by atoms with van der Waals surface area (Å²) in [4.78, 5) is 8.63. The third kappa shape index (κ3) is 5.45. The maximum atomic E-state index is 12.2. The first-order valence-corrected chi connectivity index (χ1v) is 8.86. The molecule has 0 fully saturated rings. The zero-order valence-corrected chi connectivity index (χ0v) is 15.2. The predicted octanol–water partition coefficient (Wildman–Crippen LogP) is 5.89. The first-order valence-electron chi connectivity index (χ1n) is 8.86. The number of hydrogen-bond acceptors (Lipinski definition) is 4. The molecule has 4 nitrogen and oxygen atoms in total. The number of ether oxygens (including phenoxy) is 2. The fourth-order valence-corrected chi connectivity index (χ4v) is 2.53. The van der Waals surface area contributed by atoms with Crippen molar-refractivity contribution in [2.75, 3.05) is 6.61 Å². The van der Waals surface area contributed by atoms with E-state index in [9.17, 15) is 13.2 Å². The van der Waals surface area contributed by atoms with Crippen LogP contribution in [0.1, 0.15) is 19.8 Å². The topological polar surface area (TPSA) is 44.2 Å². The summed E-state index contributed by atoms with van der Waals surface area (Å²) >= 11 is 0. The van der Waals surface area contributed by atoms with Crippen LogP contribution in [-0.4, -0.2) is 22.9 Å². The van der Waals surface area contributed by atoms with E-state index in [0.717, 1.165) is 29.5 Å². The third-order valence-corrected chi connectivity index (χ3v) is 3.96. The SMILES string of the molecule is CCCCOc1cnc(-c2ccc(-c3ccc(OC(F)(F)F)cc3)cc2)nc1. The van der Waals surface area contributed by atoms with E-state index in [1.807, 2.05) is 24.3 Å². The summed E-state index contributed by atoms with van der Waals surface area (Å²) in [7, 11) is 0. The molecule has 0 aliphatic rings. The first kappa shape index (κ1) is 19.7. The van der Waals surface area contributed by atoms with Gasteiger partial charge in [0.05, 0.1) is 19.0 Å². The van der Waals surface area contributed by atoms with E-state index in [-0.39, 0.29) is 5.75 Å². The molecule has 0 amide bonds. The summed E-state index contributed by atoms with van der Waals surface area (Å²) in [6, 6.07) is 13.2. The lowest BCUT2D eigenvalue weighted by Gasteiger charge is -2.09. The molecule has 0 spiro atoms. The summed E-state index contributed by atoms with van der Waals surface area (Å²) in [5, 5.41) is 0. The van der Waals surface area contributed by atoms with Gasteiger partial charge in [-0.25, -0.2) is 9.97 Å². The van der Waals surface area contributed by atoms with Gasteiger partial charge in [0, 0.05) is 5.56 Å². The lowest BCUT2D eigenvalue weighted by molar-refractivity contribution is -0.274. The highest BCUT2D eigenvalue weighted by molar-refractivity contribution is 5.68. The first-order chi connectivity index (χ1) is 13.4. The van der Waals surface area contributed by atoms with Gasteiger partial charge in [-0.05, 0) is 29.7 Å². The van der Waals surface area contributed by atoms with Crippen LogP contribution in [0.25, 0.3) is 22.5 Å². The van der Waals surface area contributed by atoms with Gasteiger partial charge in [-0.15, -0.1) is 13.2 Å². The Morgan fingerprint density at radius 1 is 0.786 bits per heavy atom. The molecule has 0 saturated heterocycles. The minimum absolute atomic E-state index is 0.248. The minimum atomic E-state index is -4.69. The van der Waals surface area contributed by atoms with Crippen molar-refractivity contribution in [3.8, 4) is 34.0 Å². The smallest absolute Gasteiger partial charge is 0.490 e. The van der Waals surface area contributed by atoms with Gasteiger partial charge in [-0.2, -0.15) is 0 Å². The Hall–Kier alpha value is -3.09. The van der Waals surface area contributed by atoms with E-state index in [0.29, 0.717) is 18.2 Å². The van der Waals surface area contributed by atoms with Crippen molar-refractivity contribution in [3.63, 3.8) is 0 Å². The Morgan fingerprint density at radius 3 is 1.86 bits per heavy atom. The van der Waals surface area contributed by atoms with Crippen LogP contribution in [0, 0.1) is 0 Å². The standard InChI is InChI=1S/C21H19F3N2O2/c1-2-3-12-27-19-13-25-20(26-14-19)17-6-4-15(5-7-17)16-8-10-18(11-9-16)28-21(22,23)24/h4-11,13-14H,2-3,12H2,1H3. The summed E-state index contributed by atoms with van der Waals surface area (Å²) in [6.45, 7) is 2.73.